The molecule has 4 atom stereocenters. The van der Waals surface area contributed by atoms with Crippen LogP contribution in [0.3, 0.4) is 0 Å². The third kappa shape index (κ3) is 16.6. The monoisotopic (exact) mass is 1610 g/mol. The van der Waals surface area contributed by atoms with Gasteiger partial charge in [0, 0.05) is 36.3 Å². The van der Waals surface area contributed by atoms with Gasteiger partial charge in [-0.05, 0) is 202 Å². The quantitative estimate of drug-likeness (QED) is 0.0441. The molecule has 0 saturated heterocycles. The van der Waals surface area contributed by atoms with Gasteiger partial charge in [-0.2, -0.15) is 19.9 Å². The Kier molecular flexibility index (Phi) is 23.6. The highest BCUT2D eigenvalue weighted by Crippen LogP contribution is 2.69. The first-order valence-corrected chi connectivity index (χ1v) is 42.4. The van der Waals surface area contributed by atoms with Gasteiger partial charge >= 0.3 is 17.1 Å². The lowest BCUT2D eigenvalue weighted by molar-refractivity contribution is -0.0131. The van der Waals surface area contributed by atoms with E-state index >= 15 is 0 Å². The number of imidazole rings is 6. The maximum absolute atomic E-state index is 13.7. The lowest BCUT2D eigenvalue weighted by Crippen LogP contribution is -2.48. The largest absolute Gasteiger partial charge is 0.393 e. The number of hydrogen-bond donors (Lipinski definition) is 8. The molecule has 9 heterocycles. The van der Waals surface area contributed by atoms with Crippen LogP contribution in [0, 0.1) is 64.8 Å². The van der Waals surface area contributed by atoms with Crippen LogP contribution in [0.4, 0.5) is 13.2 Å². The third-order valence-corrected chi connectivity index (χ3v) is 29.3. The summed E-state index contributed by atoms with van der Waals surface area (Å²) in [6.07, 6.45) is 19.7. The number of fused-ring (bicyclic) bond motifs is 6. The number of nitrogens with one attached hydrogen (secondary N) is 5. The van der Waals surface area contributed by atoms with Crippen molar-refractivity contribution in [3.05, 3.63) is 148 Å². The molecule has 0 amide bonds. The summed E-state index contributed by atoms with van der Waals surface area (Å²) in [7, 11) is -0.0252. The fourth-order valence-corrected chi connectivity index (χ4v) is 25.0. The van der Waals surface area contributed by atoms with Crippen molar-refractivity contribution >= 4 is 86.1 Å². The number of aromatic nitrogens is 18. The van der Waals surface area contributed by atoms with Crippen LogP contribution in [0.25, 0.3) is 84.4 Å². The number of benzene rings is 3. The molecule has 26 nitrogen and oxygen atoms in total. The zero-order valence-electron chi connectivity index (χ0n) is 67.0. The molecule has 8 N–H and O–H groups in total. The second-order valence-corrected chi connectivity index (χ2v) is 39.8. The van der Waals surface area contributed by atoms with Gasteiger partial charge in [0.2, 0.25) is 17.8 Å². The molecule has 12 aromatic rings. The van der Waals surface area contributed by atoms with E-state index in [0.29, 0.717) is 132 Å². The molecule has 31 heteroatoms. The van der Waals surface area contributed by atoms with Crippen molar-refractivity contribution in [1.82, 2.24) is 87.2 Å². The Morgan fingerprint density at radius 2 is 0.816 bits per heavy atom. The summed E-state index contributed by atoms with van der Waals surface area (Å²) in [5, 5.41) is 30.2. The van der Waals surface area contributed by atoms with Crippen molar-refractivity contribution in [3.63, 3.8) is 0 Å². The normalized spacial score (nSPS) is 24.0. The summed E-state index contributed by atoms with van der Waals surface area (Å²) in [6.45, 7) is 30.5. The van der Waals surface area contributed by atoms with Crippen LogP contribution in [-0.2, 0) is 0 Å². The van der Waals surface area contributed by atoms with E-state index < -0.39 is 39.9 Å². The molecular formula is C83H107ClF3N18O8P. The Morgan fingerprint density at radius 3 is 1.19 bits per heavy atom. The maximum Gasteiger partial charge on any atom is 0.328 e. The summed E-state index contributed by atoms with van der Waals surface area (Å²) < 4.78 is 50.1. The molecule has 0 spiro atoms. The van der Waals surface area contributed by atoms with Crippen molar-refractivity contribution in [3.8, 4) is 17.8 Å². The van der Waals surface area contributed by atoms with Crippen LogP contribution in [-0.4, -0.2) is 137 Å². The molecule has 5 saturated carbocycles. The Labute approximate surface area is 663 Å². The minimum Gasteiger partial charge on any atom is -0.393 e. The number of hydrogen-bond acceptors (Lipinski definition) is 15. The van der Waals surface area contributed by atoms with E-state index in [4.69, 9.17) is 11.6 Å². The van der Waals surface area contributed by atoms with Gasteiger partial charge in [0.25, 0.3) is 11.1 Å². The third-order valence-electron chi connectivity index (χ3n) is 24.8. The van der Waals surface area contributed by atoms with E-state index in [1.807, 2.05) is 0 Å². The molecule has 17 rings (SSSR count). The molecule has 0 aliphatic heterocycles. The second kappa shape index (κ2) is 33.0. The van der Waals surface area contributed by atoms with Crippen molar-refractivity contribution in [2.75, 3.05) is 0 Å². The summed E-state index contributed by atoms with van der Waals surface area (Å²) in [5.41, 5.74) is 3.36. The van der Waals surface area contributed by atoms with Crippen molar-refractivity contribution in [1.29, 1.82) is 0 Å². The van der Waals surface area contributed by atoms with E-state index in [9.17, 15) is 52.5 Å². The van der Waals surface area contributed by atoms with Crippen LogP contribution >= 0.6 is 19.5 Å². The summed E-state index contributed by atoms with van der Waals surface area (Å²) >= 11 is 6.33. The van der Waals surface area contributed by atoms with Gasteiger partial charge in [-0.25, -0.2) is 42.5 Å². The van der Waals surface area contributed by atoms with Gasteiger partial charge in [0.05, 0.1) is 51.4 Å². The number of nitrogens with zero attached hydrogens (tertiary/aromatic N) is 13. The predicted octanol–water partition coefficient (Wildman–Crippen LogP) is 15.3. The highest BCUT2D eigenvalue weighted by atomic mass is 35.5. The number of aliphatic hydroxyl groups is 3. The highest BCUT2D eigenvalue weighted by molar-refractivity contribution is 7.61. The standard InChI is InChI=1S/C29H57P.C18H16ClFN6O2.2C18H17FN6O3/c1-19(2)22-17-24(20(3)4)27(25(18-22)21(5)6)23-15-13-14-16-26(23)30(28(7,8)9)29(10,11)12;19-15-14-16(26(18(28)22-14)10-2-4-11(27)5-3-10)24-17(23-15)25-8-21-12-6-1-9(20)7-13(12)25;2*19-9-1-6-12-13(7-9)24(8-20-12)17-22-15-14(16(27)23-17)21-18(28)25(15)10-2-4-11(26)5-3-10/h19-27H,13-18H2,1-12H3;1,6-8,10-11,27H,2-5H2,(H,22,28);2*1,6-8,10-11,26H,2-5H2,(H,21,28)(H,22,23,27). The second-order valence-electron chi connectivity index (χ2n) is 35.3. The van der Waals surface area contributed by atoms with E-state index in [-0.39, 0.29) is 95.4 Å². The summed E-state index contributed by atoms with van der Waals surface area (Å²) in [6, 6.07) is 12.2. The highest BCUT2D eigenvalue weighted by Gasteiger charge is 2.51. The van der Waals surface area contributed by atoms with Crippen LogP contribution in [0.15, 0.2) is 97.6 Å². The van der Waals surface area contributed by atoms with Crippen LogP contribution in [0.2, 0.25) is 5.15 Å². The first kappa shape index (κ1) is 81.7. The van der Waals surface area contributed by atoms with Crippen molar-refractivity contribution in [2.24, 2.45) is 47.3 Å². The molecular weight excluding hydrogens is 1500 g/mol. The van der Waals surface area contributed by atoms with Gasteiger partial charge in [-0.3, -0.25) is 56.9 Å². The summed E-state index contributed by atoms with van der Waals surface area (Å²) in [5.74, 6) is 6.46. The van der Waals surface area contributed by atoms with Crippen molar-refractivity contribution in [2.45, 2.75) is 251 Å². The molecule has 4 unspecified atom stereocenters. The van der Waals surface area contributed by atoms with Crippen LogP contribution < -0.4 is 28.2 Å². The molecule has 5 aliphatic carbocycles. The minimum absolute atomic E-state index is 0.0252. The first-order valence-electron chi connectivity index (χ1n) is 40.6. The Balaban J connectivity index is 0.000000126. The smallest absolute Gasteiger partial charge is 0.328 e. The topological polar surface area (TPSA) is 345 Å². The predicted molar refractivity (Wildman–Crippen MR) is 439 cm³/mol. The van der Waals surface area contributed by atoms with E-state index in [0.717, 1.165) is 53.0 Å². The Morgan fingerprint density at radius 1 is 0.456 bits per heavy atom. The summed E-state index contributed by atoms with van der Waals surface area (Å²) in [4.78, 5) is 106. The molecule has 114 heavy (non-hydrogen) atoms. The number of rotatable bonds is 11. The van der Waals surface area contributed by atoms with Gasteiger partial charge in [-0.15, -0.1) is 0 Å². The Hall–Kier alpha value is -8.89. The molecule has 9 aromatic heterocycles. The first-order chi connectivity index (χ1) is 54.2. The van der Waals surface area contributed by atoms with E-state index in [1.165, 1.54) is 129 Å². The lowest BCUT2D eigenvalue weighted by atomic mass is 9.54. The molecule has 610 valence electrons. The lowest BCUT2D eigenvalue weighted by Gasteiger charge is -2.57. The minimum atomic E-state index is -0.495. The van der Waals surface area contributed by atoms with Crippen LogP contribution in [0.1, 0.15) is 217 Å². The fourth-order valence-electron chi connectivity index (χ4n) is 19.6. The van der Waals surface area contributed by atoms with Gasteiger partial charge in [0.1, 0.15) is 42.0 Å². The molecule has 5 fully saturated rings. The fraction of sp³-hybridized carbons (Fsp3) is 0.566. The zero-order valence-corrected chi connectivity index (χ0v) is 68.6. The van der Waals surface area contributed by atoms with E-state index in [2.05, 4.69) is 143 Å². The van der Waals surface area contributed by atoms with Crippen molar-refractivity contribution < 1.29 is 28.5 Å². The van der Waals surface area contributed by atoms with E-state index in [1.54, 1.807) is 10.6 Å². The molecule has 0 bridgehead atoms. The van der Waals surface area contributed by atoms with Gasteiger partial charge < -0.3 is 20.3 Å². The molecule has 5 aliphatic rings. The number of halogens is 4. The SMILES string of the molecule is CC(C)C1CC(C(C)C)C(C2CCCCC2P(C(C)(C)C)C(C)(C)C)C(C(C)C)C1.O=c1[nH]c(-n2cnc3ccc(F)cc32)nc2c1[nH]c(=O)n2C1CCC(O)CC1.O=c1[nH]c(-n2cnc3ccc(F)cc32)nc2c1[nH]c(=O)n2C1CCC(O)CC1.O=c1[nH]c2c(Cl)nc(-n3cnc4ccc(F)cc43)nc2n1C1CCC(O)CC1. The maximum atomic E-state index is 13.7. The average Bonchev–Trinajstić information content (AvgIpc) is 1.50. The number of aliphatic hydroxyl groups excluding tert-OH is 3. The number of aromatic amines is 5. The van der Waals surface area contributed by atoms with Crippen LogP contribution in [0.5, 0.6) is 0 Å². The Bertz CT molecular complexity index is 5530. The molecule has 3 aromatic carbocycles. The average molecular weight is 1610 g/mol. The van der Waals surface area contributed by atoms with Gasteiger partial charge in [-0.1, -0.05) is 115 Å². The van der Waals surface area contributed by atoms with Gasteiger partial charge in [0.15, 0.2) is 33.1 Å². The number of H-pyrrole nitrogens is 5. The molecule has 0 radical (unpaired) electrons. The zero-order chi connectivity index (χ0) is 81.3.